The zero-order valence-corrected chi connectivity index (χ0v) is 11.6. The Kier molecular flexibility index (Phi) is 3.47. The number of aromatic nitrogens is 2. The molecule has 0 N–H and O–H groups in total. The molecule has 0 aromatic carbocycles. The monoisotopic (exact) mass is 288 g/mol. The van der Waals surface area contributed by atoms with E-state index in [0.29, 0.717) is 5.75 Å². The summed E-state index contributed by atoms with van der Waals surface area (Å²) in [5.74, 6) is 0.383. The molecule has 0 aliphatic heterocycles. The maximum absolute atomic E-state index is 11.5. The summed E-state index contributed by atoms with van der Waals surface area (Å²) in [7, 11) is 1.34. The van der Waals surface area contributed by atoms with Gasteiger partial charge in [-0.05, 0) is 18.2 Å². The van der Waals surface area contributed by atoms with Gasteiger partial charge in [0.1, 0.15) is 0 Å². The van der Waals surface area contributed by atoms with Crippen molar-refractivity contribution in [3.8, 4) is 0 Å². The average Bonchev–Trinajstić information content (AvgIpc) is 3.11. The number of carbonyl (C=O) groups is 1. The summed E-state index contributed by atoms with van der Waals surface area (Å²) >= 11 is 1.54. The van der Waals surface area contributed by atoms with Crippen LogP contribution in [0.1, 0.15) is 16.1 Å². The number of fused-ring (bicyclic) bond motifs is 1. The van der Waals surface area contributed by atoms with Crippen LogP contribution in [0.3, 0.4) is 0 Å². The topological polar surface area (TPSA) is 56.7 Å². The molecule has 0 spiro atoms. The van der Waals surface area contributed by atoms with Crippen LogP contribution < -0.4 is 0 Å². The first-order valence-electron chi connectivity index (χ1n) is 5.99. The third kappa shape index (κ3) is 2.30. The highest BCUT2D eigenvalue weighted by Gasteiger charge is 2.16. The zero-order valence-electron chi connectivity index (χ0n) is 10.8. The van der Waals surface area contributed by atoms with Crippen molar-refractivity contribution in [2.45, 2.75) is 10.9 Å². The van der Waals surface area contributed by atoms with Gasteiger partial charge in [0.15, 0.2) is 5.16 Å². The van der Waals surface area contributed by atoms with Crippen molar-refractivity contribution in [3.05, 3.63) is 54.2 Å². The van der Waals surface area contributed by atoms with Crippen LogP contribution in [0, 0.1) is 0 Å². The Morgan fingerprint density at radius 1 is 1.45 bits per heavy atom. The Bertz CT molecular complexity index is 748. The van der Waals surface area contributed by atoms with Gasteiger partial charge in [-0.15, -0.1) is 0 Å². The van der Waals surface area contributed by atoms with Crippen LogP contribution >= 0.6 is 11.8 Å². The zero-order chi connectivity index (χ0) is 13.9. The smallest absolute Gasteiger partial charge is 0.374 e. The summed E-state index contributed by atoms with van der Waals surface area (Å²) in [6, 6.07) is 7.69. The molecule has 20 heavy (non-hydrogen) atoms. The molecule has 3 aromatic heterocycles. The molecule has 0 bridgehead atoms. The fourth-order valence-electron chi connectivity index (χ4n) is 1.89. The summed E-state index contributed by atoms with van der Waals surface area (Å²) in [5.41, 5.74) is 1.84. The third-order valence-corrected chi connectivity index (χ3v) is 3.89. The van der Waals surface area contributed by atoms with E-state index in [2.05, 4.69) is 9.72 Å². The van der Waals surface area contributed by atoms with E-state index in [1.165, 1.54) is 13.4 Å². The molecule has 102 valence electrons. The number of nitrogens with zero attached hydrogens (tertiary/aromatic N) is 2. The number of hydrogen-bond donors (Lipinski definition) is 0. The lowest BCUT2D eigenvalue weighted by atomic mass is 10.3. The number of ether oxygens (including phenoxy) is 1. The predicted octanol–water partition coefficient (Wildman–Crippen LogP) is 3.01. The molecule has 3 rings (SSSR count). The number of rotatable bonds is 4. The minimum Gasteiger partial charge on any atom is -0.463 e. The molecule has 0 saturated heterocycles. The van der Waals surface area contributed by atoms with Gasteiger partial charge in [0.2, 0.25) is 5.76 Å². The van der Waals surface area contributed by atoms with E-state index in [1.54, 1.807) is 17.8 Å². The summed E-state index contributed by atoms with van der Waals surface area (Å²) in [6.07, 6.45) is 5.27. The number of thioether (sulfide) groups is 1. The predicted molar refractivity (Wildman–Crippen MR) is 74.8 cm³/mol. The minimum atomic E-state index is -0.460. The van der Waals surface area contributed by atoms with Crippen molar-refractivity contribution in [3.63, 3.8) is 0 Å². The van der Waals surface area contributed by atoms with Gasteiger partial charge in [-0.25, -0.2) is 9.78 Å². The van der Waals surface area contributed by atoms with Gasteiger partial charge >= 0.3 is 5.97 Å². The number of hydrogen-bond acceptors (Lipinski definition) is 5. The molecule has 6 heteroatoms. The van der Waals surface area contributed by atoms with Crippen molar-refractivity contribution in [1.82, 2.24) is 9.38 Å². The van der Waals surface area contributed by atoms with E-state index >= 15 is 0 Å². The lowest BCUT2D eigenvalue weighted by molar-refractivity contribution is 0.0564. The number of furan rings is 1. The average molecular weight is 288 g/mol. The Balaban J connectivity index is 1.80. The van der Waals surface area contributed by atoms with E-state index < -0.39 is 5.97 Å². The second-order valence-corrected chi connectivity index (χ2v) is 5.03. The molecular formula is C14H12N2O3S. The van der Waals surface area contributed by atoms with Gasteiger partial charge in [-0.2, -0.15) is 0 Å². The molecular weight excluding hydrogens is 276 g/mol. The number of methoxy groups -OCH3 is 1. The first-order chi connectivity index (χ1) is 9.79. The lowest BCUT2D eigenvalue weighted by Gasteiger charge is -2.01. The fourth-order valence-corrected chi connectivity index (χ4v) is 2.83. The Morgan fingerprint density at radius 3 is 3.20 bits per heavy atom. The second-order valence-electron chi connectivity index (χ2n) is 4.09. The van der Waals surface area contributed by atoms with Crippen LogP contribution in [0.2, 0.25) is 0 Å². The third-order valence-electron chi connectivity index (χ3n) is 2.88. The van der Waals surface area contributed by atoms with Gasteiger partial charge in [0.05, 0.1) is 25.1 Å². The van der Waals surface area contributed by atoms with Gasteiger partial charge in [-0.3, -0.25) is 4.40 Å². The molecule has 0 atom stereocenters. The summed E-state index contributed by atoms with van der Waals surface area (Å²) in [6.45, 7) is 0. The highest BCUT2D eigenvalue weighted by Crippen LogP contribution is 2.25. The number of carbonyl (C=O) groups excluding carboxylic acids is 1. The van der Waals surface area contributed by atoms with Crippen molar-refractivity contribution in [2.24, 2.45) is 0 Å². The molecule has 0 saturated carbocycles. The van der Waals surface area contributed by atoms with Crippen molar-refractivity contribution >= 4 is 23.2 Å². The number of esters is 1. The van der Waals surface area contributed by atoms with Crippen LogP contribution in [0.25, 0.3) is 5.52 Å². The summed E-state index contributed by atoms with van der Waals surface area (Å²) in [5, 5.41) is 0.873. The molecule has 0 unspecified atom stereocenters. The number of pyridine rings is 1. The second kappa shape index (κ2) is 5.42. The van der Waals surface area contributed by atoms with Gasteiger partial charge in [0.25, 0.3) is 0 Å². The Morgan fingerprint density at radius 2 is 2.35 bits per heavy atom. The molecule has 0 aliphatic carbocycles. The molecule has 3 heterocycles. The van der Waals surface area contributed by atoms with E-state index in [1.807, 2.05) is 35.0 Å². The fraction of sp³-hybridized carbons (Fsp3) is 0.143. The van der Waals surface area contributed by atoms with E-state index in [4.69, 9.17) is 4.42 Å². The van der Waals surface area contributed by atoms with E-state index in [0.717, 1.165) is 16.2 Å². The van der Waals surface area contributed by atoms with E-state index in [9.17, 15) is 4.79 Å². The molecule has 5 nitrogen and oxygen atoms in total. The van der Waals surface area contributed by atoms with Crippen molar-refractivity contribution in [2.75, 3.05) is 7.11 Å². The lowest BCUT2D eigenvalue weighted by Crippen LogP contribution is -2.02. The first kappa shape index (κ1) is 12.8. The van der Waals surface area contributed by atoms with Crippen LogP contribution in [-0.2, 0) is 10.5 Å². The maximum atomic E-state index is 11.5. The summed E-state index contributed by atoms with van der Waals surface area (Å²) < 4.78 is 11.8. The van der Waals surface area contributed by atoms with Crippen LogP contribution in [0.15, 0.2) is 52.5 Å². The highest BCUT2D eigenvalue weighted by molar-refractivity contribution is 7.98. The maximum Gasteiger partial charge on any atom is 0.374 e. The molecule has 0 radical (unpaired) electrons. The number of imidazole rings is 1. The minimum absolute atomic E-state index is 0.251. The van der Waals surface area contributed by atoms with Crippen LogP contribution in [0.5, 0.6) is 0 Å². The normalized spacial score (nSPS) is 10.8. The molecule has 0 aliphatic rings. The van der Waals surface area contributed by atoms with E-state index in [-0.39, 0.29) is 5.76 Å². The van der Waals surface area contributed by atoms with Gasteiger partial charge in [-0.1, -0.05) is 17.8 Å². The van der Waals surface area contributed by atoms with Gasteiger partial charge < -0.3 is 9.15 Å². The SMILES string of the molecule is COC(=O)c1occc1CSc1ncc2ccccn12. The first-order valence-corrected chi connectivity index (χ1v) is 6.97. The molecule has 0 amide bonds. The standard InChI is InChI=1S/C14H12N2O3S/c1-18-13(17)12-10(5-7-19-12)9-20-14-15-8-11-4-2-3-6-16(11)14/h2-8H,9H2,1H3. The van der Waals surface area contributed by atoms with Crippen LogP contribution in [-0.4, -0.2) is 22.5 Å². The van der Waals surface area contributed by atoms with Gasteiger partial charge in [0, 0.05) is 17.5 Å². The van der Waals surface area contributed by atoms with Crippen molar-refractivity contribution in [1.29, 1.82) is 0 Å². The van der Waals surface area contributed by atoms with Crippen molar-refractivity contribution < 1.29 is 13.9 Å². The molecule has 0 fully saturated rings. The largest absolute Gasteiger partial charge is 0.463 e. The Labute approximate surface area is 119 Å². The highest BCUT2D eigenvalue weighted by atomic mass is 32.2. The molecule has 3 aromatic rings. The van der Waals surface area contributed by atoms with Crippen LogP contribution in [0.4, 0.5) is 0 Å². The Hall–Kier alpha value is -2.21. The quantitative estimate of drug-likeness (QED) is 0.545. The summed E-state index contributed by atoms with van der Waals surface area (Å²) in [4.78, 5) is 15.9.